The zero-order valence-corrected chi connectivity index (χ0v) is 13.9. The predicted octanol–water partition coefficient (Wildman–Crippen LogP) is 2.47. The molecule has 0 unspecified atom stereocenters. The Morgan fingerprint density at radius 1 is 0.615 bits per heavy atom. The Hall–Kier alpha value is -3.68. The summed E-state index contributed by atoms with van der Waals surface area (Å²) in [6, 6.07) is 11.6. The minimum atomic E-state index is -1.04. The number of hydrogen-bond acceptors (Lipinski definition) is 8. The number of para-hydroxylation sites is 2. The predicted molar refractivity (Wildman–Crippen MR) is 86.3 cm³/mol. The molecule has 0 N–H and O–H groups in total. The molecule has 0 amide bonds. The maximum absolute atomic E-state index is 12.1. The van der Waals surface area contributed by atoms with E-state index in [-0.39, 0.29) is 22.6 Å². The van der Waals surface area contributed by atoms with E-state index in [0.717, 1.165) is 0 Å². The molecule has 0 bridgehead atoms. The summed E-state index contributed by atoms with van der Waals surface area (Å²) in [5.41, 5.74) is -0.215. The standard InChI is InChI=1S/C18H14O8/c1-11(19)23-15-9-5-3-7-13(15)17(21)25-26-18(22)14-8-4-6-10-16(14)24-12(2)20/h3-10H,1-2H3. The van der Waals surface area contributed by atoms with Gasteiger partial charge in [0.1, 0.15) is 22.6 Å². The highest BCUT2D eigenvalue weighted by molar-refractivity contribution is 5.96. The second kappa shape index (κ2) is 8.43. The van der Waals surface area contributed by atoms with Gasteiger partial charge in [-0.25, -0.2) is 19.4 Å². The van der Waals surface area contributed by atoms with Gasteiger partial charge in [0, 0.05) is 13.8 Å². The van der Waals surface area contributed by atoms with Gasteiger partial charge in [-0.15, -0.1) is 0 Å². The highest BCUT2D eigenvalue weighted by atomic mass is 17.2. The van der Waals surface area contributed by atoms with E-state index >= 15 is 0 Å². The van der Waals surface area contributed by atoms with E-state index in [1.165, 1.54) is 50.2 Å². The van der Waals surface area contributed by atoms with E-state index in [0.29, 0.717) is 0 Å². The molecule has 8 nitrogen and oxygen atoms in total. The van der Waals surface area contributed by atoms with E-state index in [2.05, 4.69) is 9.78 Å². The molecule has 8 heteroatoms. The van der Waals surface area contributed by atoms with Crippen LogP contribution in [0.25, 0.3) is 0 Å². The summed E-state index contributed by atoms with van der Waals surface area (Å²) in [7, 11) is 0. The van der Waals surface area contributed by atoms with Crippen molar-refractivity contribution < 1.29 is 38.4 Å². The molecule has 0 aliphatic carbocycles. The van der Waals surface area contributed by atoms with Crippen LogP contribution in [0.4, 0.5) is 0 Å². The van der Waals surface area contributed by atoms with Crippen molar-refractivity contribution in [2.75, 3.05) is 0 Å². The van der Waals surface area contributed by atoms with Crippen LogP contribution in [0.5, 0.6) is 11.5 Å². The van der Waals surface area contributed by atoms with E-state index < -0.39 is 23.9 Å². The number of rotatable bonds is 4. The van der Waals surface area contributed by atoms with Crippen LogP contribution in [-0.2, 0) is 19.4 Å². The van der Waals surface area contributed by atoms with Crippen molar-refractivity contribution in [3.05, 3.63) is 59.7 Å². The van der Waals surface area contributed by atoms with Crippen molar-refractivity contribution in [3.63, 3.8) is 0 Å². The molecule has 0 aliphatic heterocycles. The zero-order valence-electron chi connectivity index (χ0n) is 13.9. The summed E-state index contributed by atoms with van der Waals surface area (Å²) in [6.45, 7) is 2.35. The van der Waals surface area contributed by atoms with E-state index in [4.69, 9.17) is 9.47 Å². The fraction of sp³-hybridized carbons (Fsp3) is 0.111. The first-order chi connectivity index (χ1) is 12.4. The molecule has 0 atom stereocenters. The summed E-state index contributed by atoms with van der Waals surface area (Å²) in [5.74, 6) is -3.42. The lowest BCUT2D eigenvalue weighted by Gasteiger charge is -2.09. The topological polar surface area (TPSA) is 105 Å². The van der Waals surface area contributed by atoms with Gasteiger partial charge < -0.3 is 9.47 Å². The first kappa shape index (κ1) is 18.7. The maximum atomic E-state index is 12.1. The van der Waals surface area contributed by atoms with Crippen LogP contribution in [0.1, 0.15) is 34.6 Å². The highest BCUT2D eigenvalue weighted by Crippen LogP contribution is 2.21. The largest absolute Gasteiger partial charge is 0.426 e. The maximum Gasteiger partial charge on any atom is 0.390 e. The zero-order chi connectivity index (χ0) is 19.1. The number of hydrogen-bond donors (Lipinski definition) is 0. The Bertz CT molecular complexity index is 784. The van der Waals surface area contributed by atoms with Crippen LogP contribution < -0.4 is 9.47 Å². The molecule has 0 aliphatic rings. The second-order valence-corrected chi connectivity index (χ2v) is 4.92. The third-order valence-electron chi connectivity index (χ3n) is 2.91. The average Bonchev–Trinajstić information content (AvgIpc) is 2.59. The van der Waals surface area contributed by atoms with Crippen LogP contribution in [0.2, 0.25) is 0 Å². The Morgan fingerprint density at radius 3 is 1.31 bits per heavy atom. The smallest absolute Gasteiger partial charge is 0.390 e. The van der Waals surface area contributed by atoms with Crippen molar-refractivity contribution in [3.8, 4) is 11.5 Å². The third-order valence-corrected chi connectivity index (χ3v) is 2.91. The SMILES string of the molecule is CC(=O)Oc1ccccc1C(=O)OOC(=O)c1ccccc1OC(C)=O. The van der Waals surface area contributed by atoms with Crippen LogP contribution in [0, 0.1) is 0 Å². The van der Waals surface area contributed by atoms with Gasteiger partial charge in [-0.2, -0.15) is 0 Å². The number of ether oxygens (including phenoxy) is 2. The van der Waals surface area contributed by atoms with Crippen LogP contribution in [-0.4, -0.2) is 23.9 Å². The third kappa shape index (κ3) is 4.91. The lowest BCUT2D eigenvalue weighted by atomic mass is 10.2. The minimum Gasteiger partial charge on any atom is -0.426 e. The number of carbonyl (C=O) groups is 4. The molecule has 0 aromatic heterocycles. The van der Waals surface area contributed by atoms with Gasteiger partial charge in [0.05, 0.1) is 0 Å². The lowest BCUT2D eigenvalue weighted by molar-refractivity contribution is -0.187. The first-order valence-corrected chi connectivity index (χ1v) is 7.36. The molecular formula is C18H14O8. The van der Waals surface area contributed by atoms with E-state index in [1.54, 1.807) is 12.1 Å². The number of carbonyl (C=O) groups excluding carboxylic acids is 4. The molecule has 2 aromatic rings. The van der Waals surface area contributed by atoms with Crippen molar-refractivity contribution in [1.29, 1.82) is 0 Å². The van der Waals surface area contributed by atoms with Gasteiger partial charge in [-0.1, -0.05) is 24.3 Å². The minimum absolute atomic E-state index is 0.0404. The lowest BCUT2D eigenvalue weighted by Crippen LogP contribution is -2.15. The second-order valence-electron chi connectivity index (χ2n) is 4.92. The molecule has 134 valence electrons. The summed E-state index contributed by atoms with van der Waals surface area (Å²) in [6.07, 6.45) is 0. The fourth-order valence-corrected chi connectivity index (χ4v) is 1.92. The Labute approximate surface area is 148 Å². The van der Waals surface area contributed by atoms with E-state index in [1.807, 2.05) is 0 Å². The van der Waals surface area contributed by atoms with Crippen molar-refractivity contribution in [2.45, 2.75) is 13.8 Å². The first-order valence-electron chi connectivity index (χ1n) is 7.36. The van der Waals surface area contributed by atoms with Crippen molar-refractivity contribution >= 4 is 23.9 Å². The molecule has 2 rings (SSSR count). The summed E-state index contributed by atoms with van der Waals surface area (Å²) in [5, 5.41) is 0. The molecular weight excluding hydrogens is 344 g/mol. The molecule has 2 aromatic carbocycles. The Balaban J connectivity index is 2.10. The van der Waals surface area contributed by atoms with Crippen LogP contribution in [0.15, 0.2) is 48.5 Å². The van der Waals surface area contributed by atoms with Crippen LogP contribution in [0.3, 0.4) is 0 Å². The molecule has 0 saturated carbocycles. The molecule has 0 heterocycles. The summed E-state index contributed by atoms with van der Waals surface area (Å²) in [4.78, 5) is 55.3. The van der Waals surface area contributed by atoms with Crippen LogP contribution >= 0.6 is 0 Å². The molecule has 0 saturated heterocycles. The number of esters is 2. The van der Waals surface area contributed by atoms with Gasteiger partial charge in [0.2, 0.25) is 0 Å². The quantitative estimate of drug-likeness (QED) is 0.355. The Kier molecular flexibility index (Phi) is 6.05. The van der Waals surface area contributed by atoms with Gasteiger partial charge in [0.25, 0.3) is 0 Å². The van der Waals surface area contributed by atoms with Gasteiger partial charge in [-0.3, -0.25) is 9.59 Å². The summed E-state index contributed by atoms with van der Waals surface area (Å²) >= 11 is 0. The van der Waals surface area contributed by atoms with Crippen molar-refractivity contribution in [1.82, 2.24) is 0 Å². The van der Waals surface area contributed by atoms with Gasteiger partial charge in [-0.05, 0) is 24.3 Å². The fourth-order valence-electron chi connectivity index (χ4n) is 1.92. The van der Waals surface area contributed by atoms with Crippen molar-refractivity contribution in [2.24, 2.45) is 0 Å². The van der Waals surface area contributed by atoms with E-state index in [9.17, 15) is 19.2 Å². The normalized spacial score (nSPS) is 9.77. The molecule has 26 heavy (non-hydrogen) atoms. The summed E-state index contributed by atoms with van der Waals surface area (Å²) < 4.78 is 9.77. The molecule has 0 radical (unpaired) electrons. The number of benzene rings is 2. The molecule has 0 spiro atoms. The van der Waals surface area contributed by atoms with Gasteiger partial charge >= 0.3 is 23.9 Å². The molecule has 0 fully saturated rings. The average molecular weight is 358 g/mol. The Morgan fingerprint density at radius 2 is 0.962 bits per heavy atom. The van der Waals surface area contributed by atoms with Gasteiger partial charge in [0.15, 0.2) is 0 Å². The monoisotopic (exact) mass is 358 g/mol. The highest BCUT2D eigenvalue weighted by Gasteiger charge is 2.21.